The van der Waals surface area contributed by atoms with Crippen molar-refractivity contribution in [3.05, 3.63) is 58.7 Å². The first-order chi connectivity index (χ1) is 15.4. The minimum atomic E-state index is -0.789. The highest BCUT2D eigenvalue weighted by atomic mass is 16.6. The number of hydrogen-bond acceptors (Lipinski definition) is 7. The second-order valence-corrected chi connectivity index (χ2v) is 7.92. The van der Waals surface area contributed by atoms with Gasteiger partial charge in [0, 0.05) is 18.2 Å². The van der Waals surface area contributed by atoms with Crippen LogP contribution in [0.25, 0.3) is 0 Å². The molecule has 2 unspecified atom stereocenters. The molecule has 0 aliphatic heterocycles. The Balaban J connectivity index is 1.56. The van der Waals surface area contributed by atoms with Gasteiger partial charge in [0.05, 0.1) is 19.1 Å². The molecule has 2 atom stereocenters. The average Bonchev–Trinajstić information content (AvgIpc) is 2.77. The molecule has 8 heteroatoms. The molecule has 2 aromatic carbocycles. The van der Waals surface area contributed by atoms with E-state index in [0.29, 0.717) is 30.0 Å². The number of phenolic OH excluding ortho intramolecular Hbond substituents is 1. The van der Waals surface area contributed by atoms with E-state index >= 15 is 0 Å². The van der Waals surface area contributed by atoms with Crippen LogP contribution in [0.3, 0.4) is 0 Å². The molecule has 0 bridgehead atoms. The van der Waals surface area contributed by atoms with E-state index in [4.69, 9.17) is 15.2 Å². The molecule has 1 aliphatic carbocycles. The van der Waals surface area contributed by atoms with Crippen LogP contribution in [0.2, 0.25) is 0 Å². The van der Waals surface area contributed by atoms with E-state index in [1.807, 2.05) is 18.2 Å². The number of carbonyl (C=O) groups is 2. The van der Waals surface area contributed by atoms with E-state index < -0.39 is 18.0 Å². The normalized spacial score (nSPS) is 16.1. The Morgan fingerprint density at radius 3 is 2.78 bits per heavy atom. The molecule has 32 heavy (non-hydrogen) atoms. The second kappa shape index (κ2) is 11.0. The monoisotopic (exact) mass is 442 g/mol. The van der Waals surface area contributed by atoms with Gasteiger partial charge in [-0.1, -0.05) is 12.1 Å². The molecular weight excluding hydrogens is 412 g/mol. The van der Waals surface area contributed by atoms with E-state index in [1.165, 1.54) is 11.6 Å². The molecule has 0 radical (unpaired) electrons. The van der Waals surface area contributed by atoms with Crippen molar-refractivity contribution in [2.45, 2.75) is 44.8 Å². The molecule has 1 aliphatic rings. The van der Waals surface area contributed by atoms with Gasteiger partial charge in [-0.3, -0.25) is 4.79 Å². The summed E-state index contributed by atoms with van der Waals surface area (Å²) in [5.74, 6) is -0.329. The number of hydrogen-bond donors (Lipinski definition) is 4. The lowest BCUT2D eigenvalue weighted by Gasteiger charge is -2.27. The topological polar surface area (TPSA) is 131 Å². The number of aryl methyl sites for hydroxylation is 1. The lowest BCUT2D eigenvalue weighted by Crippen LogP contribution is -2.37. The summed E-state index contributed by atoms with van der Waals surface area (Å²) in [7, 11) is 0. The number of fused-ring (bicyclic) bond motifs is 1. The van der Waals surface area contributed by atoms with Crippen LogP contribution >= 0.6 is 0 Å². The number of ether oxygens (including phenoxy) is 2. The largest absolute Gasteiger partial charge is 0.508 e. The minimum absolute atomic E-state index is 0.0161. The number of carbonyl (C=O) groups excluding carboxylic acids is 2. The van der Waals surface area contributed by atoms with Crippen LogP contribution in [0, 0.1) is 0 Å². The lowest BCUT2D eigenvalue weighted by molar-refractivity contribution is -0.145. The molecule has 0 aromatic heterocycles. The molecule has 0 saturated carbocycles. The van der Waals surface area contributed by atoms with Crippen LogP contribution in [-0.4, -0.2) is 47.9 Å². The summed E-state index contributed by atoms with van der Waals surface area (Å²) in [6.45, 7) is 2.29. The van der Waals surface area contributed by atoms with Gasteiger partial charge in [0.15, 0.2) is 6.61 Å². The van der Waals surface area contributed by atoms with Gasteiger partial charge in [-0.25, -0.2) is 4.79 Å². The minimum Gasteiger partial charge on any atom is -0.508 e. The Hall–Kier alpha value is -3.10. The molecule has 0 fully saturated rings. The van der Waals surface area contributed by atoms with Gasteiger partial charge in [-0.05, 0) is 67.1 Å². The summed E-state index contributed by atoms with van der Waals surface area (Å²) in [4.78, 5) is 22.7. The highest BCUT2D eigenvalue weighted by Crippen LogP contribution is 2.27. The van der Waals surface area contributed by atoms with Crippen molar-refractivity contribution in [1.82, 2.24) is 5.32 Å². The van der Waals surface area contributed by atoms with Gasteiger partial charge in [0.1, 0.15) is 11.5 Å². The number of benzene rings is 2. The number of aliphatic hydroxyl groups excluding tert-OH is 1. The van der Waals surface area contributed by atoms with E-state index in [-0.39, 0.29) is 24.8 Å². The van der Waals surface area contributed by atoms with Crippen molar-refractivity contribution in [2.24, 2.45) is 5.73 Å². The Kier molecular flexibility index (Phi) is 8.08. The van der Waals surface area contributed by atoms with Crippen molar-refractivity contribution in [3.63, 3.8) is 0 Å². The van der Waals surface area contributed by atoms with E-state index in [2.05, 4.69) is 5.32 Å². The lowest BCUT2D eigenvalue weighted by atomic mass is 9.88. The number of aliphatic hydroxyl groups is 1. The fourth-order valence-electron chi connectivity index (χ4n) is 3.88. The van der Waals surface area contributed by atoms with Crippen molar-refractivity contribution < 1.29 is 29.3 Å². The molecule has 3 rings (SSSR count). The number of phenols is 1. The number of aromatic hydroxyl groups is 1. The number of rotatable bonds is 10. The Morgan fingerprint density at radius 2 is 2.03 bits per heavy atom. The molecule has 172 valence electrons. The Morgan fingerprint density at radius 1 is 1.22 bits per heavy atom. The van der Waals surface area contributed by atoms with Gasteiger partial charge < -0.3 is 30.7 Å². The molecule has 8 nitrogen and oxygen atoms in total. The molecule has 0 spiro atoms. The SMILES string of the molecule is CCOC(=O)COc1ccc2c(c1)CC(NCC(O)c1ccc(O)c(CC(N)=O)c1)CC2. The van der Waals surface area contributed by atoms with Crippen LogP contribution < -0.4 is 15.8 Å². The third-order valence-corrected chi connectivity index (χ3v) is 5.52. The molecule has 1 amide bonds. The number of primary amides is 1. The number of esters is 1. The van der Waals surface area contributed by atoms with Gasteiger partial charge >= 0.3 is 5.97 Å². The Bertz CT molecular complexity index is 962. The summed E-state index contributed by atoms with van der Waals surface area (Å²) in [5.41, 5.74) is 8.63. The smallest absolute Gasteiger partial charge is 0.344 e. The summed E-state index contributed by atoms with van der Waals surface area (Å²) in [5, 5.41) is 23.9. The standard InChI is InChI=1S/C24H30N2O6/c1-2-31-24(30)14-32-20-7-4-15-3-6-19(10-17(15)11-20)26-13-22(28)16-5-8-21(27)18(9-16)12-23(25)29/h4-5,7-9,11,19,22,26-28H,2-3,6,10,12-14H2,1H3,(H2,25,29). The maximum atomic E-state index is 11.5. The highest BCUT2D eigenvalue weighted by Gasteiger charge is 2.21. The van der Waals surface area contributed by atoms with Crippen molar-refractivity contribution in [2.75, 3.05) is 19.8 Å². The second-order valence-electron chi connectivity index (χ2n) is 7.92. The predicted molar refractivity (Wildman–Crippen MR) is 118 cm³/mol. The molecule has 2 aromatic rings. The zero-order chi connectivity index (χ0) is 23.1. The van der Waals surface area contributed by atoms with Gasteiger partial charge in [-0.15, -0.1) is 0 Å². The van der Waals surface area contributed by atoms with E-state index in [9.17, 15) is 19.8 Å². The van der Waals surface area contributed by atoms with Crippen LogP contribution in [0.4, 0.5) is 0 Å². The van der Waals surface area contributed by atoms with Crippen molar-refractivity contribution in [1.29, 1.82) is 0 Å². The third kappa shape index (κ3) is 6.45. The van der Waals surface area contributed by atoms with Crippen molar-refractivity contribution in [3.8, 4) is 11.5 Å². The Labute approximate surface area is 187 Å². The summed E-state index contributed by atoms with van der Waals surface area (Å²) in [6, 6.07) is 10.7. The number of amides is 1. The first-order valence-corrected chi connectivity index (χ1v) is 10.8. The van der Waals surface area contributed by atoms with Crippen LogP contribution in [0.5, 0.6) is 11.5 Å². The van der Waals surface area contributed by atoms with Crippen LogP contribution in [0.1, 0.15) is 41.7 Å². The highest BCUT2D eigenvalue weighted by molar-refractivity contribution is 5.77. The molecule has 0 saturated heterocycles. The third-order valence-electron chi connectivity index (χ3n) is 5.52. The summed E-state index contributed by atoms with van der Waals surface area (Å²) in [6.07, 6.45) is 1.75. The first-order valence-electron chi connectivity index (χ1n) is 10.8. The fourth-order valence-corrected chi connectivity index (χ4v) is 3.88. The van der Waals surface area contributed by atoms with E-state index in [0.717, 1.165) is 24.8 Å². The first kappa shape index (κ1) is 23.6. The molecule has 0 heterocycles. The quantitative estimate of drug-likeness (QED) is 0.411. The average molecular weight is 443 g/mol. The zero-order valence-corrected chi connectivity index (χ0v) is 18.2. The maximum absolute atomic E-state index is 11.5. The summed E-state index contributed by atoms with van der Waals surface area (Å²) < 4.78 is 10.4. The summed E-state index contributed by atoms with van der Waals surface area (Å²) >= 11 is 0. The maximum Gasteiger partial charge on any atom is 0.344 e. The predicted octanol–water partition coefficient (Wildman–Crippen LogP) is 1.54. The van der Waals surface area contributed by atoms with Gasteiger partial charge in [0.2, 0.25) is 5.91 Å². The number of nitrogens with one attached hydrogen (secondary N) is 1. The van der Waals surface area contributed by atoms with Crippen LogP contribution in [0.15, 0.2) is 36.4 Å². The van der Waals surface area contributed by atoms with Gasteiger partial charge in [-0.2, -0.15) is 0 Å². The molecule has 5 N–H and O–H groups in total. The van der Waals surface area contributed by atoms with Gasteiger partial charge in [0.25, 0.3) is 0 Å². The van der Waals surface area contributed by atoms with E-state index in [1.54, 1.807) is 19.1 Å². The van der Waals surface area contributed by atoms with Crippen molar-refractivity contribution >= 4 is 11.9 Å². The fraction of sp³-hybridized carbons (Fsp3) is 0.417. The molecular formula is C24H30N2O6. The zero-order valence-electron chi connectivity index (χ0n) is 18.2. The number of nitrogens with two attached hydrogens (primary N) is 1. The van der Waals surface area contributed by atoms with Crippen LogP contribution in [-0.2, 0) is 33.6 Å².